The Hall–Kier alpha value is -2.37. The summed E-state index contributed by atoms with van der Waals surface area (Å²) in [5, 5.41) is 5.31. The zero-order valence-electron chi connectivity index (χ0n) is 12.9. The molecule has 0 aromatic heterocycles. The molecule has 1 fully saturated rings. The van der Waals surface area contributed by atoms with Gasteiger partial charge in [-0.05, 0) is 50.3 Å². The van der Waals surface area contributed by atoms with E-state index in [9.17, 15) is 14.0 Å². The van der Waals surface area contributed by atoms with Crippen LogP contribution in [0, 0.1) is 5.82 Å². The summed E-state index contributed by atoms with van der Waals surface area (Å²) >= 11 is 0. The zero-order valence-corrected chi connectivity index (χ0v) is 12.9. The highest BCUT2D eigenvalue weighted by atomic mass is 19.1. The number of carbonyl (C=O) groups is 2. The van der Waals surface area contributed by atoms with Crippen LogP contribution >= 0.6 is 0 Å². The Morgan fingerprint density at radius 2 is 1.87 bits per heavy atom. The summed E-state index contributed by atoms with van der Waals surface area (Å²) in [6.45, 7) is 1.67. The molecule has 122 valence electrons. The molecule has 0 radical (unpaired) electrons. The third kappa shape index (κ3) is 3.36. The van der Waals surface area contributed by atoms with Crippen molar-refractivity contribution in [1.82, 2.24) is 10.6 Å². The topological polar surface area (TPSA) is 67.4 Å². The molecule has 1 aromatic rings. The quantitative estimate of drug-likeness (QED) is 0.842. The van der Waals surface area contributed by atoms with Crippen LogP contribution in [0.25, 0.3) is 0 Å². The van der Waals surface area contributed by atoms with Crippen molar-refractivity contribution >= 4 is 12.0 Å². The van der Waals surface area contributed by atoms with Gasteiger partial charge in [0.25, 0.3) is 0 Å². The van der Waals surface area contributed by atoms with E-state index in [0.29, 0.717) is 16.8 Å². The van der Waals surface area contributed by atoms with Crippen LogP contribution in [0.1, 0.15) is 44.2 Å². The van der Waals surface area contributed by atoms with E-state index in [1.54, 1.807) is 19.1 Å². The van der Waals surface area contributed by atoms with Gasteiger partial charge in [0, 0.05) is 5.70 Å². The lowest BCUT2D eigenvalue weighted by Crippen LogP contribution is -2.45. The van der Waals surface area contributed by atoms with Crippen LogP contribution in [0.4, 0.5) is 9.18 Å². The van der Waals surface area contributed by atoms with Crippen molar-refractivity contribution in [2.24, 2.45) is 0 Å². The zero-order chi connectivity index (χ0) is 16.4. The van der Waals surface area contributed by atoms with Gasteiger partial charge in [0.05, 0.1) is 11.6 Å². The summed E-state index contributed by atoms with van der Waals surface area (Å²) in [4.78, 5) is 24.3. The Morgan fingerprint density at radius 1 is 1.22 bits per heavy atom. The van der Waals surface area contributed by atoms with Crippen LogP contribution in [0.5, 0.6) is 0 Å². The summed E-state index contributed by atoms with van der Waals surface area (Å²) in [6, 6.07) is 4.69. The number of nitrogens with one attached hydrogen (secondary N) is 2. The fourth-order valence-electron chi connectivity index (χ4n) is 3.09. The Labute approximate surface area is 133 Å². The van der Waals surface area contributed by atoms with E-state index in [1.165, 1.54) is 12.1 Å². The smallest absolute Gasteiger partial charge is 0.338 e. The average molecular weight is 318 g/mol. The predicted molar refractivity (Wildman–Crippen MR) is 81.9 cm³/mol. The van der Waals surface area contributed by atoms with Crippen LogP contribution in [-0.4, -0.2) is 18.1 Å². The number of benzene rings is 1. The monoisotopic (exact) mass is 318 g/mol. The van der Waals surface area contributed by atoms with Gasteiger partial charge in [-0.1, -0.05) is 12.1 Å². The van der Waals surface area contributed by atoms with Gasteiger partial charge in [0.2, 0.25) is 0 Å². The SMILES string of the molecule is CC1=C(C(=O)OC2CCCC2)[C@H](c2ccc(F)cc2)NC(=O)N1. The van der Waals surface area contributed by atoms with Gasteiger partial charge in [0.1, 0.15) is 11.9 Å². The maximum Gasteiger partial charge on any atom is 0.338 e. The van der Waals surface area contributed by atoms with E-state index in [0.717, 1.165) is 25.7 Å². The van der Waals surface area contributed by atoms with Crippen molar-refractivity contribution in [2.45, 2.75) is 44.8 Å². The van der Waals surface area contributed by atoms with Crippen LogP contribution in [0.3, 0.4) is 0 Å². The van der Waals surface area contributed by atoms with Gasteiger partial charge in [0.15, 0.2) is 0 Å². The molecule has 1 aliphatic heterocycles. The molecule has 1 atom stereocenters. The van der Waals surface area contributed by atoms with Crippen molar-refractivity contribution in [2.75, 3.05) is 0 Å². The Balaban J connectivity index is 1.88. The predicted octanol–water partition coefficient (Wildman–Crippen LogP) is 2.94. The molecule has 23 heavy (non-hydrogen) atoms. The molecule has 5 nitrogen and oxygen atoms in total. The van der Waals surface area contributed by atoms with E-state index < -0.39 is 18.0 Å². The average Bonchev–Trinajstić information content (AvgIpc) is 3.00. The number of carbonyl (C=O) groups excluding carboxylic acids is 2. The highest BCUT2D eigenvalue weighted by molar-refractivity contribution is 5.95. The normalized spacial score (nSPS) is 21.8. The number of allylic oxidation sites excluding steroid dienone is 1. The van der Waals surface area contributed by atoms with E-state index >= 15 is 0 Å². The lowest BCUT2D eigenvalue weighted by atomic mass is 9.95. The summed E-state index contributed by atoms with van der Waals surface area (Å²) in [5.74, 6) is -0.805. The maximum absolute atomic E-state index is 13.1. The molecule has 3 rings (SSSR count). The van der Waals surface area contributed by atoms with Gasteiger partial charge in [-0.25, -0.2) is 14.0 Å². The number of urea groups is 1. The van der Waals surface area contributed by atoms with Gasteiger partial charge >= 0.3 is 12.0 Å². The standard InChI is InChI=1S/C17H19FN2O3/c1-10-14(16(21)23-13-4-2-3-5-13)15(20-17(22)19-10)11-6-8-12(18)9-7-11/h6-9,13,15H,2-5H2,1H3,(H2,19,20,22)/t15-/m0/s1. The minimum absolute atomic E-state index is 0.0608. The number of amides is 2. The van der Waals surface area contributed by atoms with Gasteiger partial charge in [-0.2, -0.15) is 0 Å². The van der Waals surface area contributed by atoms with Gasteiger partial charge in [-0.15, -0.1) is 0 Å². The Kier molecular flexibility index (Phi) is 4.32. The van der Waals surface area contributed by atoms with Crippen molar-refractivity contribution in [1.29, 1.82) is 0 Å². The minimum Gasteiger partial charge on any atom is -0.459 e. The Morgan fingerprint density at radius 3 is 2.52 bits per heavy atom. The molecular formula is C17H19FN2O3. The maximum atomic E-state index is 13.1. The summed E-state index contributed by atoms with van der Waals surface area (Å²) in [5.41, 5.74) is 1.47. The molecule has 1 aliphatic carbocycles. The van der Waals surface area contributed by atoms with Crippen molar-refractivity contribution in [3.05, 3.63) is 46.9 Å². The fraction of sp³-hybridized carbons (Fsp3) is 0.412. The second kappa shape index (κ2) is 6.40. The molecular weight excluding hydrogens is 299 g/mol. The van der Waals surface area contributed by atoms with E-state index in [-0.39, 0.29) is 11.9 Å². The first-order valence-electron chi connectivity index (χ1n) is 7.79. The number of hydrogen-bond acceptors (Lipinski definition) is 3. The first-order valence-corrected chi connectivity index (χ1v) is 7.79. The number of halogens is 1. The van der Waals surface area contributed by atoms with Crippen molar-refractivity contribution < 1.29 is 18.7 Å². The lowest BCUT2D eigenvalue weighted by Gasteiger charge is -2.28. The number of hydrogen-bond donors (Lipinski definition) is 2. The van der Waals surface area contributed by atoms with Crippen LogP contribution in [-0.2, 0) is 9.53 Å². The number of rotatable bonds is 3. The molecule has 1 saturated carbocycles. The molecule has 0 spiro atoms. The van der Waals surface area contributed by atoms with E-state index in [4.69, 9.17) is 4.74 Å². The molecule has 2 aliphatic rings. The molecule has 1 aromatic carbocycles. The highest BCUT2D eigenvalue weighted by Gasteiger charge is 2.33. The Bertz CT molecular complexity index is 648. The van der Waals surface area contributed by atoms with Crippen LogP contribution in [0.15, 0.2) is 35.5 Å². The second-order valence-corrected chi connectivity index (χ2v) is 5.93. The highest BCUT2D eigenvalue weighted by Crippen LogP contribution is 2.30. The summed E-state index contributed by atoms with van der Waals surface area (Å²) in [6.07, 6.45) is 3.81. The molecule has 1 heterocycles. The largest absolute Gasteiger partial charge is 0.459 e. The molecule has 0 unspecified atom stereocenters. The third-order valence-electron chi connectivity index (χ3n) is 4.27. The minimum atomic E-state index is -0.641. The first-order chi connectivity index (χ1) is 11.0. The van der Waals surface area contributed by atoms with Crippen molar-refractivity contribution in [3.63, 3.8) is 0 Å². The van der Waals surface area contributed by atoms with E-state index in [2.05, 4.69) is 10.6 Å². The summed E-state index contributed by atoms with van der Waals surface area (Å²) in [7, 11) is 0. The molecule has 2 amide bonds. The first kappa shape index (κ1) is 15.5. The van der Waals surface area contributed by atoms with Gasteiger partial charge in [-0.3, -0.25) is 0 Å². The molecule has 6 heteroatoms. The fourth-order valence-corrected chi connectivity index (χ4v) is 3.09. The third-order valence-corrected chi connectivity index (χ3v) is 4.27. The number of esters is 1. The van der Waals surface area contributed by atoms with Crippen LogP contribution < -0.4 is 10.6 Å². The molecule has 2 N–H and O–H groups in total. The van der Waals surface area contributed by atoms with Crippen molar-refractivity contribution in [3.8, 4) is 0 Å². The van der Waals surface area contributed by atoms with E-state index in [1.807, 2.05) is 0 Å². The lowest BCUT2D eigenvalue weighted by molar-refractivity contribution is -0.144. The summed E-state index contributed by atoms with van der Waals surface area (Å²) < 4.78 is 18.7. The second-order valence-electron chi connectivity index (χ2n) is 5.93. The number of ether oxygens (including phenoxy) is 1. The van der Waals surface area contributed by atoms with Crippen LogP contribution in [0.2, 0.25) is 0 Å². The van der Waals surface area contributed by atoms with Gasteiger partial charge < -0.3 is 15.4 Å². The molecule has 0 saturated heterocycles. The molecule has 0 bridgehead atoms.